The molecule has 1 heterocycles. The molecule has 0 bridgehead atoms. The van der Waals surface area contributed by atoms with Crippen LogP contribution in [0.5, 0.6) is 0 Å². The lowest BCUT2D eigenvalue weighted by atomic mass is 9.90. The standard InChI is InChI=1S/C30H25ClN2O2/c1-19(2)22-14-16-27-26(17-22)33-30(35-27)23-13-15-24(31)25(18-23)32-29(34)28(20-9-5-3-6-10-20)21-11-7-4-8-12-21/h3-19,28H,1-2H3,(H,32,34). The number of halogens is 1. The van der Waals surface area contributed by atoms with Crippen molar-refractivity contribution in [1.82, 2.24) is 4.98 Å². The lowest BCUT2D eigenvalue weighted by Gasteiger charge is -2.18. The van der Waals surface area contributed by atoms with Gasteiger partial charge in [-0.25, -0.2) is 4.98 Å². The first-order chi connectivity index (χ1) is 17.0. The van der Waals surface area contributed by atoms with E-state index in [0.717, 1.165) is 27.8 Å². The summed E-state index contributed by atoms with van der Waals surface area (Å²) < 4.78 is 6.01. The summed E-state index contributed by atoms with van der Waals surface area (Å²) in [6.07, 6.45) is 0. The van der Waals surface area contributed by atoms with Gasteiger partial charge in [0, 0.05) is 5.56 Å². The Labute approximate surface area is 209 Å². The van der Waals surface area contributed by atoms with Crippen LogP contribution in [0, 0.1) is 0 Å². The molecule has 1 aromatic heterocycles. The highest BCUT2D eigenvalue weighted by atomic mass is 35.5. The summed E-state index contributed by atoms with van der Waals surface area (Å²) in [5.74, 6) is 0.242. The molecule has 174 valence electrons. The number of benzene rings is 4. The van der Waals surface area contributed by atoms with Crippen molar-refractivity contribution < 1.29 is 9.21 Å². The minimum atomic E-state index is -0.476. The van der Waals surface area contributed by atoms with Crippen LogP contribution in [0.3, 0.4) is 0 Å². The van der Waals surface area contributed by atoms with E-state index in [1.165, 1.54) is 5.56 Å². The molecule has 5 rings (SSSR count). The molecule has 4 aromatic carbocycles. The van der Waals surface area contributed by atoms with Crippen molar-refractivity contribution in [3.05, 3.63) is 119 Å². The Morgan fingerprint density at radius 3 is 2.11 bits per heavy atom. The normalized spacial score (nSPS) is 11.3. The molecule has 0 aliphatic carbocycles. The summed E-state index contributed by atoms with van der Waals surface area (Å²) in [5, 5.41) is 3.48. The fourth-order valence-corrected chi connectivity index (χ4v) is 4.34. The molecule has 1 amide bonds. The molecule has 0 unspecified atom stereocenters. The van der Waals surface area contributed by atoms with Crippen LogP contribution in [-0.2, 0) is 4.79 Å². The molecule has 0 fully saturated rings. The van der Waals surface area contributed by atoms with Crippen LogP contribution >= 0.6 is 11.6 Å². The molecule has 0 spiro atoms. The van der Waals surface area contributed by atoms with Gasteiger partial charge in [-0.15, -0.1) is 0 Å². The Bertz CT molecular complexity index is 1440. The fourth-order valence-electron chi connectivity index (χ4n) is 4.17. The second-order valence-electron chi connectivity index (χ2n) is 8.84. The van der Waals surface area contributed by atoms with Crippen LogP contribution in [0.4, 0.5) is 5.69 Å². The fraction of sp³-hybridized carbons (Fsp3) is 0.133. The maximum absolute atomic E-state index is 13.5. The molecule has 0 saturated heterocycles. The number of hydrogen-bond donors (Lipinski definition) is 1. The lowest BCUT2D eigenvalue weighted by molar-refractivity contribution is -0.116. The number of oxazole rings is 1. The molecule has 0 aliphatic rings. The smallest absolute Gasteiger partial charge is 0.236 e. The van der Waals surface area contributed by atoms with Crippen LogP contribution in [0.2, 0.25) is 5.02 Å². The van der Waals surface area contributed by atoms with E-state index in [2.05, 4.69) is 36.3 Å². The predicted octanol–water partition coefficient (Wildman–Crippen LogP) is 8.04. The number of hydrogen-bond acceptors (Lipinski definition) is 3. The molecule has 5 aromatic rings. The molecule has 0 saturated carbocycles. The van der Waals surface area contributed by atoms with Gasteiger partial charge >= 0.3 is 0 Å². The van der Waals surface area contributed by atoms with Gasteiger partial charge in [0.25, 0.3) is 0 Å². The number of carbonyl (C=O) groups is 1. The number of amides is 1. The molecule has 1 N–H and O–H groups in total. The third kappa shape index (κ3) is 4.84. The van der Waals surface area contributed by atoms with Crippen molar-refractivity contribution in [1.29, 1.82) is 0 Å². The van der Waals surface area contributed by atoms with Crippen LogP contribution in [0.15, 0.2) is 101 Å². The molecule has 5 heteroatoms. The van der Waals surface area contributed by atoms with Gasteiger partial charge in [-0.2, -0.15) is 0 Å². The average Bonchev–Trinajstić information content (AvgIpc) is 3.30. The van der Waals surface area contributed by atoms with E-state index in [1.54, 1.807) is 12.1 Å². The number of anilines is 1. The first-order valence-electron chi connectivity index (χ1n) is 11.6. The Kier molecular flexibility index (Phi) is 6.39. The minimum absolute atomic E-state index is 0.166. The third-order valence-electron chi connectivity index (χ3n) is 6.08. The summed E-state index contributed by atoms with van der Waals surface area (Å²) in [6.45, 7) is 4.29. The third-order valence-corrected chi connectivity index (χ3v) is 6.41. The van der Waals surface area contributed by atoms with Gasteiger partial charge in [0.05, 0.1) is 16.6 Å². The Balaban J connectivity index is 1.48. The molecule has 4 nitrogen and oxygen atoms in total. The largest absolute Gasteiger partial charge is 0.436 e. The summed E-state index contributed by atoms with van der Waals surface area (Å²) >= 11 is 6.49. The van der Waals surface area contributed by atoms with Crippen molar-refractivity contribution in [2.24, 2.45) is 0 Å². The second kappa shape index (κ2) is 9.77. The highest BCUT2D eigenvalue weighted by Gasteiger charge is 2.23. The molecule has 0 atom stereocenters. The van der Waals surface area contributed by atoms with Gasteiger partial charge in [0.2, 0.25) is 11.8 Å². The summed E-state index contributed by atoms with van der Waals surface area (Å²) in [5.41, 5.74) is 5.79. The maximum Gasteiger partial charge on any atom is 0.236 e. The van der Waals surface area contributed by atoms with Crippen LogP contribution in [0.25, 0.3) is 22.6 Å². The number of aromatic nitrogens is 1. The first kappa shape index (κ1) is 22.9. The Hall–Kier alpha value is -3.89. The Morgan fingerprint density at radius 1 is 0.829 bits per heavy atom. The number of carbonyl (C=O) groups excluding carboxylic acids is 1. The number of nitrogens with zero attached hydrogens (tertiary/aromatic N) is 1. The number of rotatable bonds is 6. The maximum atomic E-state index is 13.5. The van der Waals surface area contributed by atoms with Crippen molar-refractivity contribution in [2.75, 3.05) is 5.32 Å². The molecule has 0 aliphatic heterocycles. The van der Waals surface area contributed by atoms with Gasteiger partial charge < -0.3 is 9.73 Å². The van der Waals surface area contributed by atoms with E-state index in [0.29, 0.717) is 22.5 Å². The van der Waals surface area contributed by atoms with E-state index in [1.807, 2.05) is 72.8 Å². The zero-order valence-electron chi connectivity index (χ0n) is 19.5. The molecule has 0 radical (unpaired) electrons. The lowest BCUT2D eigenvalue weighted by Crippen LogP contribution is -2.22. The van der Waals surface area contributed by atoms with Crippen molar-refractivity contribution in [3.8, 4) is 11.5 Å². The number of nitrogens with one attached hydrogen (secondary N) is 1. The monoisotopic (exact) mass is 480 g/mol. The first-order valence-corrected chi connectivity index (χ1v) is 12.0. The number of fused-ring (bicyclic) bond motifs is 1. The van der Waals surface area contributed by atoms with Gasteiger partial charge in [-0.1, -0.05) is 92.2 Å². The molecular formula is C30H25ClN2O2. The van der Waals surface area contributed by atoms with Gasteiger partial charge in [-0.05, 0) is 52.9 Å². The quantitative estimate of drug-likeness (QED) is 0.267. The zero-order valence-corrected chi connectivity index (χ0v) is 20.3. The molecular weight excluding hydrogens is 456 g/mol. The van der Waals surface area contributed by atoms with Crippen LogP contribution in [-0.4, -0.2) is 10.9 Å². The van der Waals surface area contributed by atoms with Crippen LogP contribution < -0.4 is 5.32 Å². The van der Waals surface area contributed by atoms with Crippen molar-refractivity contribution in [2.45, 2.75) is 25.7 Å². The predicted molar refractivity (Wildman–Crippen MR) is 142 cm³/mol. The van der Waals surface area contributed by atoms with Gasteiger partial charge in [-0.3, -0.25) is 4.79 Å². The van der Waals surface area contributed by atoms with E-state index in [-0.39, 0.29) is 5.91 Å². The Morgan fingerprint density at radius 2 is 1.49 bits per heavy atom. The van der Waals surface area contributed by atoms with E-state index in [4.69, 9.17) is 16.0 Å². The van der Waals surface area contributed by atoms with Gasteiger partial charge in [0.15, 0.2) is 5.58 Å². The van der Waals surface area contributed by atoms with E-state index < -0.39 is 5.92 Å². The van der Waals surface area contributed by atoms with Crippen molar-refractivity contribution >= 4 is 34.3 Å². The SMILES string of the molecule is CC(C)c1ccc2oc(-c3ccc(Cl)c(NC(=O)C(c4ccccc4)c4ccccc4)c3)nc2c1. The van der Waals surface area contributed by atoms with E-state index >= 15 is 0 Å². The second-order valence-corrected chi connectivity index (χ2v) is 9.25. The minimum Gasteiger partial charge on any atom is -0.436 e. The average molecular weight is 481 g/mol. The molecule has 35 heavy (non-hydrogen) atoms. The topological polar surface area (TPSA) is 55.1 Å². The van der Waals surface area contributed by atoms with Crippen molar-refractivity contribution in [3.63, 3.8) is 0 Å². The highest BCUT2D eigenvalue weighted by Crippen LogP contribution is 2.33. The van der Waals surface area contributed by atoms with E-state index in [9.17, 15) is 4.79 Å². The van der Waals surface area contributed by atoms with Crippen LogP contribution in [0.1, 0.15) is 42.4 Å². The summed E-state index contributed by atoms with van der Waals surface area (Å²) in [6, 6.07) is 30.9. The summed E-state index contributed by atoms with van der Waals surface area (Å²) in [4.78, 5) is 18.2. The van der Waals surface area contributed by atoms with Gasteiger partial charge in [0.1, 0.15) is 5.52 Å². The zero-order chi connectivity index (χ0) is 24.4. The highest BCUT2D eigenvalue weighted by molar-refractivity contribution is 6.34. The summed E-state index contributed by atoms with van der Waals surface area (Å²) in [7, 11) is 0.